The van der Waals surface area contributed by atoms with E-state index in [2.05, 4.69) is 34.2 Å². The predicted molar refractivity (Wildman–Crippen MR) is 79.3 cm³/mol. The van der Waals surface area contributed by atoms with Crippen molar-refractivity contribution in [2.45, 2.75) is 19.8 Å². The number of aromatic nitrogens is 5. The first-order valence-corrected chi connectivity index (χ1v) is 6.71. The van der Waals surface area contributed by atoms with Crippen molar-refractivity contribution in [2.24, 2.45) is 0 Å². The van der Waals surface area contributed by atoms with E-state index in [1.54, 1.807) is 29.2 Å². The number of rotatable bonds is 3. The van der Waals surface area contributed by atoms with Crippen LogP contribution in [-0.4, -0.2) is 25.0 Å². The van der Waals surface area contributed by atoms with Crippen molar-refractivity contribution in [2.75, 3.05) is 0 Å². The van der Waals surface area contributed by atoms with E-state index >= 15 is 0 Å². The number of aromatic amines is 1. The summed E-state index contributed by atoms with van der Waals surface area (Å²) in [7, 11) is 0. The van der Waals surface area contributed by atoms with Crippen molar-refractivity contribution in [3.8, 4) is 16.9 Å². The second kappa shape index (κ2) is 5.32. The largest absolute Gasteiger partial charge is 0.282 e. The molecule has 0 atom stereocenters. The first-order chi connectivity index (χ1) is 10.2. The summed E-state index contributed by atoms with van der Waals surface area (Å²) in [5, 5.41) is 10.1. The van der Waals surface area contributed by atoms with Gasteiger partial charge in [0.05, 0.1) is 23.6 Å². The lowest BCUT2D eigenvalue weighted by Crippen LogP contribution is -2.19. The molecule has 6 nitrogen and oxygen atoms in total. The Balaban J connectivity index is 2.07. The summed E-state index contributed by atoms with van der Waals surface area (Å²) in [5.41, 5.74) is 2.61. The fraction of sp³-hybridized carbons (Fsp3) is 0.200. The molecule has 0 amide bonds. The summed E-state index contributed by atoms with van der Waals surface area (Å²) in [6, 6.07) is 7.37. The molecule has 3 rings (SSSR count). The first kappa shape index (κ1) is 13.2. The minimum atomic E-state index is -0.148. The Morgan fingerprint density at radius 1 is 1.24 bits per heavy atom. The lowest BCUT2D eigenvalue weighted by Gasteiger charge is -2.09. The van der Waals surface area contributed by atoms with Crippen molar-refractivity contribution in [1.29, 1.82) is 0 Å². The van der Waals surface area contributed by atoms with E-state index in [0.29, 0.717) is 17.2 Å². The number of H-pyrrole nitrogens is 1. The molecular weight excluding hydrogens is 266 g/mol. The molecular formula is C15H15N5O. The molecule has 3 aromatic heterocycles. The van der Waals surface area contributed by atoms with Crippen molar-refractivity contribution < 1.29 is 0 Å². The molecule has 1 N–H and O–H groups in total. The quantitative estimate of drug-likeness (QED) is 0.798. The maximum Gasteiger partial charge on any atom is 0.264 e. The van der Waals surface area contributed by atoms with Crippen molar-refractivity contribution in [1.82, 2.24) is 25.0 Å². The van der Waals surface area contributed by atoms with E-state index < -0.39 is 0 Å². The van der Waals surface area contributed by atoms with Crippen LogP contribution in [0.15, 0.2) is 47.7 Å². The average molecular weight is 281 g/mol. The van der Waals surface area contributed by atoms with E-state index in [0.717, 1.165) is 11.4 Å². The van der Waals surface area contributed by atoms with Crippen LogP contribution < -0.4 is 5.56 Å². The highest BCUT2D eigenvalue weighted by Gasteiger charge is 2.10. The van der Waals surface area contributed by atoms with Gasteiger partial charge in [-0.3, -0.25) is 19.4 Å². The van der Waals surface area contributed by atoms with Gasteiger partial charge >= 0.3 is 0 Å². The van der Waals surface area contributed by atoms with Gasteiger partial charge in [-0.05, 0) is 30.2 Å². The highest BCUT2D eigenvalue weighted by Crippen LogP contribution is 2.14. The van der Waals surface area contributed by atoms with Gasteiger partial charge in [0.1, 0.15) is 5.69 Å². The average Bonchev–Trinajstić information content (AvgIpc) is 3.02. The maximum atomic E-state index is 12.5. The number of nitrogens with zero attached hydrogens (tertiary/aromatic N) is 4. The zero-order valence-corrected chi connectivity index (χ0v) is 11.8. The lowest BCUT2D eigenvalue weighted by atomic mass is 10.1. The van der Waals surface area contributed by atoms with Gasteiger partial charge in [-0.25, -0.2) is 0 Å². The summed E-state index contributed by atoms with van der Waals surface area (Å²) in [6.07, 6.45) is 5.03. The smallest absolute Gasteiger partial charge is 0.264 e. The van der Waals surface area contributed by atoms with E-state index in [1.165, 1.54) is 0 Å². The Morgan fingerprint density at radius 3 is 2.71 bits per heavy atom. The van der Waals surface area contributed by atoms with Crippen LogP contribution in [0.2, 0.25) is 0 Å². The third-order valence-electron chi connectivity index (χ3n) is 3.28. The van der Waals surface area contributed by atoms with Crippen LogP contribution in [0.5, 0.6) is 0 Å². The molecule has 0 aliphatic rings. The maximum absolute atomic E-state index is 12.5. The summed E-state index contributed by atoms with van der Waals surface area (Å²) < 4.78 is 1.56. The summed E-state index contributed by atoms with van der Waals surface area (Å²) in [6.45, 7) is 4.17. The zero-order chi connectivity index (χ0) is 14.8. The highest BCUT2D eigenvalue weighted by molar-refractivity contribution is 5.56. The number of hydrogen-bond donors (Lipinski definition) is 1. The molecule has 6 heteroatoms. The van der Waals surface area contributed by atoms with Crippen LogP contribution in [0.3, 0.4) is 0 Å². The molecule has 0 aromatic carbocycles. The molecule has 0 unspecified atom stereocenters. The molecule has 0 saturated carbocycles. The van der Waals surface area contributed by atoms with Gasteiger partial charge in [0.15, 0.2) is 0 Å². The van der Waals surface area contributed by atoms with E-state index in [-0.39, 0.29) is 5.56 Å². The van der Waals surface area contributed by atoms with Gasteiger partial charge in [-0.1, -0.05) is 19.1 Å². The molecule has 0 radical (unpaired) electrons. The second-order valence-corrected chi connectivity index (χ2v) is 5.05. The summed E-state index contributed by atoms with van der Waals surface area (Å²) >= 11 is 0. The second-order valence-electron chi connectivity index (χ2n) is 5.05. The van der Waals surface area contributed by atoms with Gasteiger partial charge < -0.3 is 0 Å². The molecule has 3 aromatic rings. The molecule has 21 heavy (non-hydrogen) atoms. The Kier molecular flexibility index (Phi) is 3.35. The lowest BCUT2D eigenvalue weighted by molar-refractivity contribution is 0.818. The van der Waals surface area contributed by atoms with Crippen LogP contribution in [0.25, 0.3) is 16.9 Å². The van der Waals surface area contributed by atoms with Crippen LogP contribution in [0.1, 0.15) is 25.5 Å². The van der Waals surface area contributed by atoms with Gasteiger partial charge in [0.25, 0.3) is 5.56 Å². The van der Waals surface area contributed by atoms with Gasteiger partial charge in [-0.15, -0.1) is 5.10 Å². The molecule has 0 bridgehead atoms. The molecule has 0 aliphatic carbocycles. The number of nitrogens with one attached hydrogen (secondary N) is 1. The SMILES string of the molecule is CC(C)c1ccc(-n2cccc(-c3c[nH]nn3)c2=O)cn1. The molecule has 0 aliphatic heterocycles. The Morgan fingerprint density at radius 2 is 2.10 bits per heavy atom. The van der Waals surface area contributed by atoms with Crippen LogP contribution in [0.4, 0.5) is 0 Å². The molecule has 0 saturated heterocycles. The van der Waals surface area contributed by atoms with Crippen LogP contribution in [0, 0.1) is 0 Å². The standard InChI is InChI=1S/C15H15N5O/c1-10(2)13-6-5-11(8-16-13)20-7-3-4-12(15(20)21)14-9-17-19-18-14/h3-10H,1-2H3,(H,17,18,19). The van der Waals surface area contributed by atoms with Crippen LogP contribution >= 0.6 is 0 Å². The number of hydrogen-bond acceptors (Lipinski definition) is 4. The highest BCUT2D eigenvalue weighted by atomic mass is 16.1. The van der Waals surface area contributed by atoms with Crippen molar-refractivity contribution in [3.05, 3.63) is 58.9 Å². The Bertz CT molecular complexity index is 788. The van der Waals surface area contributed by atoms with E-state index in [9.17, 15) is 4.79 Å². The van der Waals surface area contributed by atoms with E-state index in [1.807, 2.05) is 18.2 Å². The Labute approximate surface area is 121 Å². The summed E-state index contributed by atoms with van der Waals surface area (Å²) in [4.78, 5) is 16.9. The third kappa shape index (κ3) is 2.47. The first-order valence-electron chi connectivity index (χ1n) is 6.71. The fourth-order valence-corrected chi connectivity index (χ4v) is 2.11. The zero-order valence-electron chi connectivity index (χ0n) is 11.8. The topological polar surface area (TPSA) is 76.5 Å². The molecule has 0 spiro atoms. The van der Waals surface area contributed by atoms with Crippen molar-refractivity contribution >= 4 is 0 Å². The minimum absolute atomic E-state index is 0.148. The molecule has 3 heterocycles. The van der Waals surface area contributed by atoms with Gasteiger partial charge in [-0.2, -0.15) is 0 Å². The monoisotopic (exact) mass is 281 g/mol. The van der Waals surface area contributed by atoms with E-state index in [4.69, 9.17) is 0 Å². The van der Waals surface area contributed by atoms with Gasteiger partial charge in [0.2, 0.25) is 0 Å². The predicted octanol–water partition coefficient (Wildman–Crippen LogP) is 2.14. The molecule has 0 fully saturated rings. The van der Waals surface area contributed by atoms with Gasteiger partial charge in [0, 0.05) is 11.9 Å². The van der Waals surface area contributed by atoms with Crippen LogP contribution in [-0.2, 0) is 0 Å². The molecule has 106 valence electrons. The fourth-order valence-electron chi connectivity index (χ4n) is 2.11. The Hall–Kier alpha value is -2.76. The summed E-state index contributed by atoms with van der Waals surface area (Å²) in [5.74, 6) is 0.359. The minimum Gasteiger partial charge on any atom is -0.282 e. The normalized spacial score (nSPS) is 11.0. The third-order valence-corrected chi connectivity index (χ3v) is 3.28. The number of pyridine rings is 2. The van der Waals surface area contributed by atoms with Crippen molar-refractivity contribution in [3.63, 3.8) is 0 Å².